The van der Waals surface area contributed by atoms with Crippen LogP contribution in [0.5, 0.6) is 0 Å². The Bertz CT molecular complexity index is 242. The summed E-state index contributed by atoms with van der Waals surface area (Å²) in [5.74, 6) is -0.640. The van der Waals surface area contributed by atoms with Crippen LogP contribution < -0.4 is 10.6 Å². The summed E-state index contributed by atoms with van der Waals surface area (Å²) in [7, 11) is 0. The molecule has 7 heteroatoms. The number of rotatable bonds is 8. The summed E-state index contributed by atoms with van der Waals surface area (Å²) in [5, 5.41) is 4.72. The lowest BCUT2D eigenvalue weighted by atomic mass is 10.3. The maximum absolute atomic E-state index is 11.8. The molecule has 0 aliphatic rings. The van der Waals surface area contributed by atoms with Crippen LogP contribution in [0.15, 0.2) is 0 Å². The summed E-state index contributed by atoms with van der Waals surface area (Å²) in [6.07, 6.45) is -4.36. The van der Waals surface area contributed by atoms with Gasteiger partial charge in [0.1, 0.15) is 6.54 Å². The fourth-order valence-corrected chi connectivity index (χ4v) is 1.46. The number of alkyl halides is 3. The van der Waals surface area contributed by atoms with Gasteiger partial charge in [-0.15, -0.1) is 0 Å². The second-order valence-corrected chi connectivity index (χ2v) is 4.16. The molecule has 0 rings (SSSR count). The zero-order valence-electron chi connectivity index (χ0n) is 11.1. The molecule has 1 unspecified atom stereocenters. The number of carbonyl (C=O) groups is 1. The summed E-state index contributed by atoms with van der Waals surface area (Å²) in [6, 6.07) is 0.0570. The molecular formula is C11H22F3N3O. The number of hydrogen-bond acceptors (Lipinski definition) is 3. The van der Waals surface area contributed by atoms with Crippen molar-refractivity contribution in [2.75, 3.05) is 32.7 Å². The molecule has 1 amide bonds. The first-order chi connectivity index (χ1) is 8.28. The average molecular weight is 269 g/mol. The van der Waals surface area contributed by atoms with E-state index in [9.17, 15) is 18.0 Å². The van der Waals surface area contributed by atoms with Crippen molar-refractivity contribution in [2.45, 2.75) is 33.0 Å². The van der Waals surface area contributed by atoms with Crippen molar-refractivity contribution in [3.63, 3.8) is 0 Å². The van der Waals surface area contributed by atoms with Crippen molar-refractivity contribution in [2.24, 2.45) is 0 Å². The lowest BCUT2D eigenvalue weighted by Crippen LogP contribution is -2.45. The Morgan fingerprint density at radius 3 is 2.28 bits per heavy atom. The Morgan fingerprint density at radius 2 is 1.83 bits per heavy atom. The molecule has 0 aliphatic heterocycles. The van der Waals surface area contributed by atoms with E-state index in [-0.39, 0.29) is 12.6 Å². The van der Waals surface area contributed by atoms with Crippen molar-refractivity contribution >= 4 is 5.91 Å². The van der Waals surface area contributed by atoms with E-state index in [0.29, 0.717) is 0 Å². The zero-order valence-corrected chi connectivity index (χ0v) is 11.1. The Hall–Kier alpha value is -0.820. The van der Waals surface area contributed by atoms with Crippen molar-refractivity contribution in [3.05, 3.63) is 0 Å². The third-order valence-corrected chi connectivity index (χ3v) is 2.52. The average Bonchev–Trinajstić information content (AvgIpc) is 2.29. The summed E-state index contributed by atoms with van der Waals surface area (Å²) >= 11 is 0. The first-order valence-corrected chi connectivity index (χ1v) is 6.07. The van der Waals surface area contributed by atoms with E-state index in [1.165, 1.54) is 0 Å². The topological polar surface area (TPSA) is 44.4 Å². The minimum Gasteiger partial charge on any atom is -0.346 e. The SMILES string of the molecule is CCN(CC)CC(C)NCC(=O)NCC(F)(F)F. The van der Waals surface area contributed by atoms with E-state index < -0.39 is 18.6 Å². The number of likely N-dealkylation sites (N-methyl/N-ethyl adjacent to an activating group) is 1. The first-order valence-electron chi connectivity index (χ1n) is 6.07. The summed E-state index contributed by atoms with van der Waals surface area (Å²) < 4.78 is 35.5. The Balaban J connectivity index is 3.78. The highest BCUT2D eigenvalue weighted by Gasteiger charge is 2.27. The smallest absolute Gasteiger partial charge is 0.346 e. The lowest BCUT2D eigenvalue weighted by molar-refractivity contribution is -0.137. The van der Waals surface area contributed by atoms with E-state index in [1.54, 1.807) is 0 Å². The molecule has 0 aliphatic carbocycles. The van der Waals surface area contributed by atoms with Crippen LogP contribution in [0.1, 0.15) is 20.8 Å². The molecule has 18 heavy (non-hydrogen) atoms. The highest BCUT2D eigenvalue weighted by Crippen LogP contribution is 2.11. The third kappa shape index (κ3) is 9.23. The quantitative estimate of drug-likeness (QED) is 0.690. The summed E-state index contributed by atoms with van der Waals surface area (Å²) in [6.45, 7) is 7.16. The van der Waals surface area contributed by atoms with E-state index in [0.717, 1.165) is 19.6 Å². The Labute approximate surface area is 106 Å². The van der Waals surface area contributed by atoms with Gasteiger partial charge in [0.15, 0.2) is 0 Å². The highest BCUT2D eigenvalue weighted by molar-refractivity contribution is 5.78. The minimum absolute atomic E-state index is 0.0570. The minimum atomic E-state index is -4.36. The van der Waals surface area contributed by atoms with E-state index >= 15 is 0 Å². The fraction of sp³-hybridized carbons (Fsp3) is 0.909. The van der Waals surface area contributed by atoms with Gasteiger partial charge in [-0.05, 0) is 20.0 Å². The van der Waals surface area contributed by atoms with Crippen LogP contribution in [0, 0.1) is 0 Å². The molecule has 1 atom stereocenters. The standard InChI is InChI=1S/C11H22F3N3O/c1-4-17(5-2)7-9(3)15-6-10(18)16-8-11(12,13)14/h9,15H,4-8H2,1-3H3,(H,16,18). The molecule has 108 valence electrons. The second kappa shape index (κ2) is 8.31. The molecule has 0 aromatic heterocycles. The number of halogens is 3. The van der Waals surface area contributed by atoms with Crippen LogP contribution in [0.25, 0.3) is 0 Å². The van der Waals surface area contributed by atoms with Gasteiger partial charge in [-0.2, -0.15) is 13.2 Å². The normalized spacial score (nSPS) is 13.7. The van der Waals surface area contributed by atoms with Crippen LogP contribution in [-0.4, -0.2) is 55.7 Å². The Morgan fingerprint density at radius 1 is 1.28 bits per heavy atom. The molecule has 0 saturated carbocycles. The molecule has 0 aromatic carbocycles. The predicted octanol–water partition coefficient (Wildman–Crippen LogP) is 0.985. The van der Waals surface area contributed by atoms with Crippen LogP contribution in [-0.2, 0) is 4.79 Å². The van der Waals surface area contributed by atoms with Crippen LogP contribution in [0.3, 0.4) is 0 Å². The van der Waals surface area contributed by atoms with E-state index in [4.69, 9.17) is 0 Å². The molecule has 0 fully saturated rings. The van der Waals surface area contributed by atoms with Gasteiger partial charge in [-0.1, -0.05) is 13.8 Å². The Kier molecular flexibility index (Phi) is 7.93. The molecule has 2 N–H and O–H groups in total. The van der Waals surface area contributed by atoms with Gasteiger partial charge in [-0.25, -0.2) is 0 Å². The van der Waals surface area contributed by atoms with Crippen molar-refractivity contribution in [1.82, 2.24) is 15.5 Å². The largest absolute Gasteiger partial charge is 0.405 e. The molecule has 0 bridgehead atoms. The maximum Gasteiger partial charge on any atom is 0.405 e. The first kappa shape index (κ1) is 17.2. The monoisotopic (exact) mass is 269 g/mol. The molecule has 0 spiro atoms. The highest BCUT2D eigenvalue weighted by atomic mass is 19.4. The molecular weight excluding hydrogens is 247 g/mol. The molecule has 4 nitrogen and oxygen atoms in total. The van der Waals surface area contributed by atoms with Crippen molar-refractivity contribution in [3.8, 4) is 0 Å². The fourth-order valence-electron chi connectivity index (χ4n) is 1.46. The van der Waals surface area contributed by atoms with Crippen LogP contribution in [0.4, 0.5) is 13.2 Å². The molecule has 0 heterocycles. The number of nitrogens with zero attached hydrogens (tertiary/aromatic N) is 1. The van der Waals surface area contributed by atoms with Gasteiger partial charge >= 0.3 is 6.18 Å². The van der Waals surface area contributed by atoms with E-state index in [1.807, 2.05) is 26.1 Å². The molecule has 0 aromatic rings. The zero-order chi connectivity index (χ0) is 14.2. The predicted molar refractivity (Wildman–Crippen MR) is 64.3 cm³/mol. The van der Waals surface area contributed by atoms with Gasteiger partial charge in [0.2, 0.25) is 5.91 Å². The van der Waals surface area contributed by atoms with Crippen LogP contribution in [0.2, 0.25) is 0 Å². The van der Waals surface area contributed by atoms with Gasteiger partial charge in [0, 0.05) is 12.6 Å². The number of amides is 1. The number of hydrogen-bond donors (Lipinski definition) is 2. The number of nitrogens with one attached hydrogen (secondary N) is 2. The third-order valence-electron chi connectivity index (χ3n) is 2.52. The number of carbonyl (C=O) groups excluding carboxylic acids is 1. The summed E-state index contributed by atoms with van der Waals surface area (Å²) in [4.78, 5) is 13.3. The summed E-state index contributed by atoms with van der Waals surface area (Å²) in [5.41, 5.74) is 0. The van der Waals surface area contributed by atoms with E-state index in [2.05, 4.69) is 10.2 Å². The van der Waals surface area contributed by atoms with Crippen LogP contribution >= 0.6 is 0 Å². The van der Waals surface area contributed by atoms with Gasteiger partial charge in [-0.3, -0.25) is 4.79 Å². The molecule has 0 saturated heterocycles. The lowest BCUT2D eigenvalue weighted by Gasteiger charge is -2.23. The van der Waals surface area contributed by atoms with Crippen molar-refractivity contribution < 1.29 is 18.0 Å². The molecule has 0 radical (unpaired) electrons. The second-order valence-electron chi connectivity index (χ2n) is 4.16. The van der Waals surface area contributed by atoms with Gasteiger partial charge in [0.05, 0.1) is 6.54 Å². The van der Waals surface area contributed by atoms with Crippen molar-refractivity contribution in [1.29, 1.82) is 0 Å². The van der Waals surface area contributed by atoms with Gasteiger partial charge in [0.25, 0.3) is 0 Å². The van der Waals surface area contributed by atoms with Gasteiger partial charge < -0.3 is 15.5 Å². The maximum atomic E-state index is 11.8.